The van der Waals surface area contributed by atoms with Gasteiger partial charge in [-0.15, -0.1) is 0 Å². The standard InChI is InChI=1S/C11H16N4O4/c16-3-8-6(17)1-9(19-8)15-5-14-10-7(18)2-12-4-13-11(10)15/h4-9,16-18H,1-3H2,(H,12,13)/t6?,7-,8+,9+/m0/s1. The molecule has 1 unspecified atom stereocenters. The number of hydrogen-bond acceptors (Lipinski definition) is 7. The lowest BCUT2D eigenvalue weighted by Gasteiger charge is -2.16. The van der Waals surface area contributed by atoms with Gasteiger partial charge in [-0.3, -0.25) is 9.56 Å². The lowest BCUT2D eigenvalue weighted by Crippen LogP contribution is -2.24. The van der Waals surface area contributed by atoms with Gasteiger partial charge in [0.05, 0.1) is 31.9 Å². The van der Waals surface area contributed by atoms with Crippen molar-refractivity contribution < 1.29 is 20.1 Å². The fourth-order valence-corrected chi connectivity index (χ4v) is 2.38. The predicted octanol–water partition coefficient (Wildman–Crippen LogP) is -0.989. The van der Waals surface area contributed by atoms with Crippen molar-refractivity contribution in [3.63, 3.8) is 0 Å². The molecule has 1 fully saturated rings. The van der Waals surface area contributed by atoms with E-state index in [2.05, 4.69) is 15.3 Å². The van der Waals surface area contributed by atoms with Crippen LogP contribution in [-0.2, 0) is 4.74 Å². The molecule has 0 spiro atoms. The smallest absolute Gasteiger partial charge is 0.139 e. The van der Waals surface area contributed by atoms with E-state index in [1.54, 1.807) is 10.9 Å². The molecule has 1 aromatic heterocycles. The van der Waals surface area contributed by atoms with Gasteiger partial charge in [0.1, 0.15) is 29.9 Å². The molecule has 2 aliphatic rings. The number of rotatable bonds is 2. The number of imidazole rings is 1. The Morgan fingerprint density at radius 2 is 2.32 bits per heavy atom. The van der Waals surface area contributed by atoms with Crippen LogP contribution in [0.15, 0.2) is 11.3 Å². The number of nitrogens with zero attached hydrogens (tertiary/aromatic N) is 3. The SMILES string of the molecule is OC[C@H]1O[C@@H](n2cnc3c2NC=NC[C@@H]3O)CC1O. The molecule has 4 atom stereocenters. The van der Waals surface area contributed by atoms with E-state index in [1.807, 2.05) is 0 Å². The van der Waals surface area contributed by atoms with Crippen LogP contribution in [0.3, 0.4) is 0 Å². The minimum atomic E-state index is -0.762. The summed E-state index contributed by atoms with van der Waals surface area (Å²) in [6.07, 6.45) is 0.935. The van der Waals surface area contributed by atoms with Crippen LogP contribution in [0.5, 0.6) is 0 Å². The van der Waals surface area contributed by atoms with Crippen molar-refractivity contribution in [1.29, 1.82) is 0 Å². The van der Waals surface area contributed by atoms with Gasteiger partial charge in [-0.05, 0) is 0 Å². The average Bonchev–Trinajstić information content (AvgIpc) is 2.93. The molecule has 1 aromatic rings. The summed E-state index contributed by atoms with van der Waals surface area (Å²) in [5.41, 5.74) is 0.503. The highest BCUT2D eigenvalue weighted by atomic mass is 16.5. The van der Waals surface area contributed by atoms with E-state index < -0.39 is 24.5 Å². The van der Waals surface area contributed by atoms with Crippen LogP contribution in [0.25, 0.3) is 0 Å². The molecule has 1 saturated heterocycles. The Hall–Kier alpha value is -1.48. The molecule has 0 aromatic carbocycles. The van der Waals surface area contributed by atoms with E-state index in [9.17, 15) is 10.2 Å². The third-order valence-corrected chi connectivity index (χ3v) is 3.40. The molecule has 3 heterocycles. The normalized spacial score (nSPS) is 33.8. The van der Waals surface area contributed by atoms with Crippen LogP contribution in [0, 0.1) is 0 Å². The van der Waals surface area contributed by atoms with Crippen molar-refractivity contribution in [3.8, 4) is 0 Å². The van der Waals surface area contributed by atoms with Crippen LogP contribution < -0.4 is 5.32 Å². The number of hydrogen-bond donors (Lipinski definition) is 4. The first kappa shape index (κ1) is 12.5. The fraction of sp³-hybridized carbons (Fsp3) is 0.636. The molecule has 3 rings (SSSR count). The Kier molecular flexibility index (Phi) is 3.23. The number of aliphatic hydroxyl groups is 3. The van der Waals surface area contributed by atoms with Crippen LogP contribution in [0.4, 0.5) is 5.82 Å². The largest absolute Gasteiger partial charge is 0.394 e. The number of fused-ring (bicyclic) bond motifs is 1. The monoisotopic (exact) mass is 268 g/mol. The molecule has 0 radical (unpaired) electrons. The summed E-state index contributed by atoms with van der Waals surface area (Å²) in [6.45, 7) is 0.0243. The summed E-state index contributed by atoms with van der Waals surface area (Å²) in [6, 6.07) is 0. The molecular formula is C11H16N4O4. The molecule has 0 bridgehead atoms. The highest BCUT2D eigenvalue weighted by Crippen LogP contribution is 2.34. The summed E-state index contributed by atoms with van der Waals surface area (Å²) < 4.78 is 7.27. The maximum Gasteiger partial charge on any atom is 0.139 e. The average molecular weight is 268 g/mol. The van der Waals surface area contributed by atoms with Crippen molar-refractivity contribution in [2.75, 3.05) is 18.5 Å². The summed E-state index contributed by atoms with van der Waals surface area (Å²) in [5.74, 6) is 0.601. The van der Waals surface area contributed by atoms with E-state index in [1.165, 1.54) is 6.34 Å². The van der Waals surface area contributed by atoms with Crippen LogP contribution in [0.1, 0.15) is 24.4 Å². The third kappa shape index (κ3) is 2.12. The van der Waals surface area contributed by atoms with Crippen LogP contribution in [-0.4, -0.2) is 56.6 Å². The molecule has 8 nitrogen and oxygen atoms in total. The van der Waals surface area contributed by atoms with Gasteiger partial charge in [0.2, 0.25) is 0 Å². The fourth-order valence-electron chi connectivity index (χ4n) is 2.38. The molecule has 104 valence electrons. The minimum Gasteiger partial charge on any atom is -0.394 e. The van der Waals surface area contributed by atoms with Crippen LogP contribution in [0.2, 0.25) is 0 Å². The highest BCUT2D eigenvalue weighted by molar-refractivity contribution is 5.76. The quantitative estimate of drug-likeness (QED) is 0.548. The van der Waals surface area contributed by atoms with E-state index in [0.29, 0.717) is 17.9 Å². The summed E-state index contributed by atoms with van der Waals surface area (Å²) >= 11 is 0. The predicted molar refractivity (Wildman–Crippen MR) is 65.8 cm³/mol. The maximum absolute atomic E-state index is 9.89. The second-order valence-corrected chi connectivity index (χ2v) is 4.65. The maximum atomic E-state index is 9.89. The molecule has 0 aliphatic carbocycles. The van der Waals surface area contributed by atoms with Gasteiger partial charge in [-0.2, -0.15) is 0 Å². The number of aliphatic imine (C=N–C) groups is 1. The van der Waals surface area contributed by atoms with Gasteiger partial charge in [-0.1, -0.05) is 0 Å². The zero-order chi connectivity index (χ0) is 13.4. The lowest BCUT2D eigenvalue weighted by atomic mass is 10.2. The van der Waals surface area contributed by atoms with Crippen molar-refractivity contribution in [3.05, 3.63) is 12.0 Å². The van der Waals surface area contributed by atoms with E-state index in [0.717, 1.165) is 0 Å². The summed E-state index contributed by atoms with van der Waals surface area (Å²) in [5, 5.41) is 31.7. The van der Waals surface area contributed by atoms with E-state index in [4.69, 9.17) is 9.84 Å². The minimum absolute atomic E-state index is 0.230. The molecule has 0 amide bonds. The molecule has 4 N–H and O–H groups in total. The van der Waals surface area contributed by atoms with Gasteiger partial charge >= 0.3 is 0 Å². The Morgan fingerprint density at radius 3 is 3.05 bits per heavy atom. The zero-order valence-electron chi connectivity index (χ0n) is 10.2. The van der Waals surface area contributed by atoms with Crippen molar-refractivity contribution in [1.82, 2.24) is 9.55 Å². The Bertz CT molecular complexity index is 489. The van der Waals surface area contributed by atoms with Crippen molar-refractivity contribution in [2.24, 2.45) is 4.99 Å². The number of ether oxygens (including phenoxy) is 1. The van der Waals surface area contributed by atoms with Gasteiger partial charge < -0.3 is 25.4 Å². The van der Waals surface area contributed by atoms with Crippen LogP contribution >= 0.6 is 0 Å². The summed E-state index contributed by atoms with van der Waals surface area (Å²) in [7, 11) is 0. The first-order chi connectivity index (χ1) is 9.20. The van der Waals surface area contributed by atoms with Gasteiger partial charge in [0.15, 0.2) is 0 Å². The van der Waals surface area contributed by atoms with Crippen molar-refractivity contribution >= 4 is 12.2 Å². The molecule has 0 saturated carbocycles. The number of aromatic nitrogens is 2. The number of aliphatic hydroxyl groups excluding tert-OH is 3. The second-order valence-electron chi connectivity index (χ2n) is 4.65. The first-order valence-electron chi connectivity index (χ1n) is 6.14. The highest BCUT2D eigenvalue weighted by Gasteiger charge is 2.36. The van der Waals surface area contributed by atoms with E-state index in [-0.39, 0.29) is 13.2 Å². The molecule has 2 aliphatic heterocycles. The molecule has 19 heavy (non-hydrogen) atoms. The first-order valence-corrected chi connectivity index (χ1v) is 6.14. The Labute approximate surface area is 109 Å². The topological polar surface area (TPSA) is 112 Å². The van der Waals surface area contributed by atoms with Gasteiger partial charge in [0.25, 0.3) is 0 Å². The zero-order valence-corrected chi connectivity index (χ0v) is 10.2. The number of nitrogens with one attached hydrogen (secondary N) is 1. The van der Waals surface area contributed by atoms with Crippen molar-refractivity contribution in [2.45, 2.75) is 31.0 Å². The molecular weight excluding hydrogens is 252 g/mol. The lowest BCUT2D eigenvalue weighted by molar-refractivity contribution is -0.0437. The number of anilines is 1. The Morgan fingerprint density at radius 1 is 1.47 bits per heavy atom. The van der Waals surface area contributed by atoms with Gasteiger partial charge in [-0.25, -0.2) is 4.98 Å². The second kappa shape index (κ2) is 4.89. The van der Waals surface area contributed by atoms with E-state index >= 15 is 0 Å². The Balaban J connectivity index is 1.89. The molecule has 8 heteroatoms. The summed E-state index contributed by atoms with van der Waals surface area (Å²) in [4.78, 5) is 8.15. The van der Waals surface area contributed by atoms with Gasteiger partial charge in [0, 0.05) is 6.42 Å². The third-order valence-electron chi connectivity index (χ3n) is 3.40.